The van der Waals surface area contributed by atoms with E-state index in [1.54, 1.807) is 43.3 Å². The summed E-state index contributed by atoms with van der Waals surface area (Å²) < 4.78 is 0. The maximum atomic E-state index is 12.7. The van der Waals surface area contributed by atoms with Crippen molar-refractivity contribution in [1.82, 2.24) is 9.80 Å². The molecule has 1 aliphatic rings. The van der Waals surface area contributed by atoms with Gasteiger partial charge in [0.15, 0.2) is 0 Å². The Hall–Kier alpha value is -3.02. The number of amides is 3. The monoisotopic (exact) mass is 353 g/mol. The van der Waals surface area contributed by atoms with Crippen LogP contribution >= 0.6 is 0 Å². The molecular weight excluding hydrogens is 330 g/mol. The molecule has 2 N–H and O–H groups in total. The van der Waals surface area contributed by atoms with E-state index in [0.29, 0.717) is 24.3 Å². The zero-order valence-electron chi connectivity index (χ0n) is 15.2. The van der Waals surface area contributed by atoms with Crippen LogP contribution in [0, 0.1) is 6.92 Å². The van der Waals surface area contributed by atoms with Crippen molar-refractivity contribution >= 4 is 17.6 Å². The van der Waals surface area contributed by atoms with E-state index in [4.69, 9.17) is 0 Å². The van der Waals surface area contributed by atoms with Crippen LogP contribution in [0.2, 0.25) is 0 Å². The molecule has 0 radical (unpaired) electrons. The average molecular weight is 353 g/mol. The number of urea groups is 1. The summed E-state index contributed by atoms with van der Waals surface area (Å²) in [6.07, 6.45) is 0.751. The highest BCUT2D eigenvalue weighted by atomic mass is 16.3. The second-order valence-corrected chi connectivity index (χ2v) is 6.78. The molecule has 1 aliphatic heterocycles. The lowest BCUT2D eigenvalue weighted by Gasteiger charge is -2.29. The van der Waals surface area contributed by atoms with E-state index in [2.05, 4.69) is 5.32 Å². The SMILES string of the molecule is Cc1ccc(C(=O)N(C)C)cc1NC(=O)N1CCc2ccc(O)cc2C1. The van der Waals surface area contributed by atoms with Crippen molar-refractivity contribution < 1.29 is 14.7 Å². The van der Waals surface area contributed by atoms with Crippen LogP contribution in [0.25, 0.3) is 0 Å². The molecular formula is C20H23N3O3. The van der Waals surface area contributed by atoms with Gasteiger partial charge in [-0.1, -0.05) is 12.1 Å². The number of benzene rings is 2. The molecule has 136 valence electrons. The fraction of sp³-hybridized carbons (Fsp3) is 0.300. The fourth-order valence-electron chi connectivity index (χ4n) is 3.06. The number of aryl methyl sites for hydroxylation is 1. The number of hydrogen-bond acceptors (Lipinski definition) is 3. The molecule has 0 aromatic heterocycles. The van der Waals surface area contributed by atoms with Crippen LogP contribution in [-0.2, 0) is 13.0 Å². The van der Waals surface area contributed by atoms with Gasteiger partial charge in [0.25, 0.3) is 5.91 Å². The van der Waals surface area contributed by atoms with Crippen molar-refractivity contribution in [2.24, 2.45) is 0 Å². The average Bonchev–Trinajstić information content (AvgIpc) is 2.62. The third-order valence-corrected chi connectivity index (χ3v) is 4.62. The summed E-state index contributed by atoms with van der Waals surface area (Å²) in [4.78, 5) is 28.0. The Kier molecular flexibility index (Phi) is 4.84. The molecule has 0 spiro atoms. The zero-order chi connectivity index (χ0) is 18.8. The maximum Gasteiger partial charge on any atom is 0.322 e. The summed E-state index contributed by atoms with van der Waals surface area (Å²) in [6.45, 7) is 2.95. The first kappa shape index (κ1) is 17.8. The fourth-order valence-corrected chi connectivity index (χ4v) is 3.06. The molecule has 6 nitrogen and oxygen atoms in total. The number of fused-ring (bicyclic) bond motifs is 1. The van der Waals surface area contributed by atoms with Crippen molar-refractivity contribution in [1.29, 1.82) is 0 Å². The zero-order valence-corrected chi connectivity index (χ0v) is 15.2. The minimum absolute atomic E-state index is 0.108. The minimum atomic E-state index is -0.212. The second kappa shape index (κ2) is 7.07. The topological polar surface area (TPSA) is 72.9 Å². The molecule has 26 heavy (non-hydrogen) atoms. The molecule has 6 heteroatoms. The molecule has 0 aliphatic carbocycles. The molecule has 2 aromatic carbocycles. The number of phenols is 1. The van der Waals surface area contributed by atoms with Crippen molar-refractivity contribution in [3.8, 4) is 5.75 Å². The van der Waals surface area contributed by atoms with Crippen LogP contribution in [0.3, 0.4) is 0 Å². The molecule has 3 amide bonds. The van der Waals surface area contributed by atoms with Crippen molar-refractivity contribution in [2.45, 2.75) is 19.9 Å². The Morgan fingerprint density at radius 3 is 2.62 bits per heavy atom. The smallest absolute Gasteiger partial charge is 0.322 e. The summed E-state index contributed by atoms with van der Waals surface area (Å²) in [5.41, 5.74) is 4.17. The standard InChI is InChI=1S/C20H23N3O3/c1-13-4-5-15(19(25)22(2)3)11-18(13)21-20(26)23-9-8-14-6-7-17(24)10-16(14)12-23/h4-7,10-11,24H,8-9,12H2,1-3H3,(H,21,26). The number of rotatable bonds is 2. The maximum absolute atomic E-state index is 12.7. The summed E-state index contributed by atoms with van der Waals surface area (Å²) >= 11 is 0. The molecule has 1 heterocycles. The van der Waals surface area contributed by atoms with E-state index in [1.165, 1.54) is 4.90 Å². The highest BCUT2D eigenvalue weighted by Crippen LogP contribution is 2.24. The highest BCUT2D eigenvalue weighted by molar-refractivity contribution is 5.97. The minimum Gasteiger partial charge on any atom is -0.508 e. The quantitative estimate of drug-likeness (QED) is 0.872. The number of anilines is 1. The van der Waals surface area contributed by atoms with Crippen LogP contribution in [0.15, 0.2) is 36.4 Å². The summed E-state index contributed by atoms with van der Waals surface area (Å²) in [5, 5.41) is 12.6. The van der Waals surface area contributed by atoms with E-state index in [-0.39, 0.29) is 17.7 Å². The second-order valence-electron chi connectivity index (χ2n) is 6.78. The Morgan fingerprint density at radius 1 is 1.12 bits per heavy atom. The molecule has 3 rings (SSSR count). The first-order chi connectivity index (χ1) is 12.3. The highest BCUT2D eigenvalue weighted by Gasteiger charge is 2.22. The number of hydrogen-bond donors (Lipinski definition) is 2. The Balaban J connectivity index is 1.76. The molecule has 2 aromatic rings. The number of carbonyl (C=O) groups is 2. The van der Waals surface area contributed by atoms with Crippen molar-refractivity contribution in [3.63, 3.8) is 0 Å². The molecule has 0 fully saturated rings. The van der Waals surface area contributed by atoms with E-state index in [9.17, 15) is 14.7 Å². The lowest BCUT2D eigenvalue weighted by Crippen LogP contribution is -2.39. The number of nitrogens with zero attached hydrogens (tertiary/aromatic N) is 2. The predicted molar refractivity (Wildman–Crippen MR) is 100 cm³/mol. The van der Waals surface area contributed by atoms with E-state index in [0.717, 1.165) is 23.1 Å². The largest absolute Gasteiger partial charge is 0.508 e. The van der Waals surface area contributed by atoms with Crippen LogP contribution < -0.4 is 5.32 Å². The van der Waals surface area contributed by atoms with Gasteiger partial charge in [-0.3, -0.25) is 4.79 Å². The molecule has 0 bridgehead atoms. The van der Waals surface area contributed by atoms with Crippen LogP contribution in [0.1, 0.15) is 27.0 Å². The Bertz CT molecular complexity index is 861. The summed E-state index contributed by atoms with van der Waals surface area (Å²) in [5.74, 6) is 0.0969. The van der Waals surface area contributed by atoms with Gasteiger partial charge in [-0.15, -0.1) is 0 Å². The third kappa shape index (κ3) is 3.64. The van der Waals surface area contributed by atoms with Crippen LogP contribution in [0.5, 0.6) is 5.75 Å². The number of aromatic hydroxyl groups is 1. The number of phenolic OH excluding ortho intramolecular Hbond substituents is 1. The Morgan fingerprint density at radius 2 is 1.88 bits per heavy atom. The number of carbonyl (C=O) groups excluding carboxylic acids is 2. The van der Waals surface area contributed by atoms with Crippen molar-refractivity contribution in [2.75, 3.05) is 26.0 Å². The summed E-state index contributed by atoms with van der Waals surface area (Å²) in [6, 6.07) is 10.4. The van der Waals surface area contributed by atoms with Gasteiger partial charge in [0, 0.05) is 38.4 Å². The van der Waals surface area contributed by atoms with Gasteiger partial charge in [0.2, 0.25) is 0 Å². The number of nitrogens with one attached hydrogen (secondary N) is 1. The van der Waals surface area contributed by atoms with Gasteiger partial charge in [0.1, 0.15) is 5.75 Å². The lowest BCUT2D eigenvalue weighted by atomic mass is 10.00. The van der Waals surface area contributed by atoms with E-state index in [1.807, 2.05) is 19.1 Å². The predicted octanol–water partition coefficient (Wildman–Crippen LogP) is 2.99. The Labute approximate surface area is 153 Å². The lowest BCUT2D eigenvalue weighted by molar-refractivity contribution is 0.0827. The van der Waals surface area contributed by atoms with Gasteiger partial charge in [-0.05, 0) is 54.3 Å². The molecule has 0 unspecified atom stereocenters. The molecule has 0 saturated carbocycles. The molecule has 0 atom stereocenters. The van der Waals surface area contributed by atoms with E-state index < -0.39 is 0 Å². The first-order valence-corrected chi connectivity index (χ1v) is 8.54. The first-order valence-electron chi connectivity index (χ1n) is 8.54. The van der Waals surface area contributed by atoms with Crippen LogP contribution in [-0.4, -0.2) is 47.5 Å². The van der Waals surface area contributed by atoms with Crippen molar-refractivity contribution in [3.05, 3.63) is 58.7 Å². The van der Waals surface area contributed by atoms with Gasteiger partial charge >= 0.3 is 6.03 Å². The third-order valence-electron chi connectivity index (χ3n) is 4.62. The normalized spacial score (nSPS) is 13.1. The van der Waals surface area contributed by atoms with Gasteiger partial charge in [0.05, 0.1) is 0 Å². The van der Waals surface area contributed by atoms with Gasteiger partial charge in [-0.25, -0.2) is 4.79 Å². The molecule has 0 saturated heterocycles. The van der Waals surface area contributed by atoms with Gasteiger partial charge < -0.3 is 20.2 Å². The summed E-state index contributed by atoms with van der Waals surface area (Å²) in [7, 11) is 3.39. The van der Waals surface area contributed by atoms with Gasteiger partial charge in [-0.2, -0.15) is 0 Å². The van der Waals surface area contributed by atoms with E-state index >= 15 is 0 Å². The van der Waals surface area contributed by atoms with Crippen LogP contribution in [0.4, 0.5) is 10.5 Å².